The Balaban J connectivity index is 2.04. The number of rotatable bonds is 5. The maximum atomic E-state index is 2.36. The molecule has 0 amide bonds. The van der Waals surface area contributed by atoms with Crippen LogP contribution in [-0.2, 0) is 0 Å². The molecule has 0 saturated heterocycles. The molecule has 2 atom stereocenters. The van der Waals surface area contributed by atoms with Crippen LogP contribution in [-0.4, -0.2) is 5.75 Å². The van der Waals surface area contributed by atoms with E-state index in [-0.39, 0.29) is 0 Å². The van der Waals surface area contributed by atoms with Gasteiger partial charge in [0.05, 0.1) is 0 Å². The second-order valence-electron chi connectivity index (χ2n) is 5.18. The normalized spacial score (nSPS) is 14.6. The van der Waals surface area contributed by atoms with Gasteiger partial charge in [0.2, 0.25) is 0 Å². The van der Waals surface area contributed by atoms with Crippen LogP contribution in [0.5, 0.6) is 0 Å². The van der Waals surface area contributed by atoms with Gasteiger partial charge in [-0.25, -0.2) is 0 Å². The fraction of sp³-hybridized carbons (Fsp3) is 0.412. The second kappa shape index (κ2) is 6.29. The van der Waals surface area contributed by atoms with E-state index >= 15 is 0 Å². The third-order valence-corrected chi connectivity index (χ3v) is 5.13. The molecular weight excluding hydrogens is 236 g/mol. The number of benzene rings is 2. The molecule has 0 aliphatic carbocycles. The average molecular weight is 258 g/mol. The highest BCUT2D eigenvalue weighted by Crippen LogP contribution is 2.27. The van der Waals surface area contributed by atoms with E-state index in [0.29, 0.717) is 0 Å². The maximum absolute atomic E-state index is 2.36. The molecule has 0 spiro atoms. The lowest BCUT2D eigenvalue weighted by Gasteiger charge is -2.17. The van der Waals surface area contributed by atoms with Gasteiger partial charge in [-0.15, -0.1) is 11.8 Å². The molecule has 0 aromatic heterocycles. The van der Waals surface area contributed by atoms with Crippen molar-refractivity contribution < 1.29 is 0 Å². The van der Waals surface area contributed by atoms with Gasteiger partial charge in [0.25, 0.3) is 0 Å². The van der Waals surface area contributed by atoms with Gasteiger partial charge in [0, 0.05) is 10.6 Å². The molecule has 1 heteroatoms. The summed E-state index contributed by atoms with van der Waals surface area (Å²) in [5.41, 5.74) is 0. The molecule has 0 bridgehead atoms. The number of hydrogen-bond donors (Lipinski definition) is 0. The van der Waals surface area contributed by atoms with Crippen molar-refractivity contribution in [3.63, 3.8) is 0 Å². The fourth-order valence-electron chi connectivity index (χ4n) is 2.05. The molecule has 0 N–H and O–H groups in total. The van der Waals surface area contributed by atoms with E-state index in [1.165, 1.54) is 27.8 Å². The van der Waals surface area contributed by atoms with Crippen molar-refractivity contribution in [1.29, 1.82) is 0 Å². The van der Waals surface area contributed by atoms with E-state index in [1.807, 2.05) is 11.8 Å². The topological polar surface area (TPSA) is 0 Å². The molecule has 96 valence electrons. The third-order valence-electron chi connectivity index (χ3n) is 3.85. The van der Waals surface area contributed by atoms with Gasteiger partial charge < -0.3 is 0 Å². The van der Waals surface area contributed by atoms with Crippen LogP contribution in [0.25, 0.3) is 10.8 Å². The van der Waals surface area contributed by atoms with Gasteiger partial charge in [-0.2, -0.15) is 0 Å². The van der Waals surface area contributed by atoms with E-state index < -0.39 is 0 Å². The Hall–Kier alpha value is -0.950. The van der Waals surface area contributed by atoms with E-state index in [9.17, 15) is 0 Å². The minimum absolute atomic E-state index is 0.784. The van der Waals surface area contributed by atoms with Crippen molar-refractivity contribution >= 4 is 22.5 Å². The molecule has 2 aromatic rings. The standard InChI is InChI=1S/C17H22S/c1-4-13(2)14(3)12-18-17-10-9-15-7-5-6-8-16(15)11-17/h5-11,13-14H,4,12H2,1-3H3. The molecule has 2 rings (SSSR count). The van der Waals surface area contributed by atoms with Gasteiger partial charge in [-0.05, 0) is 34.7 Å². The van der Waals surface area contributed by atoms with Crippen LogP contribution in [0.1, 0.15) is 27.2 Å². The zero-order chi connectivity index (χ0) is 13.0. The molecule has 0 aliphatic heterocycles. The minimum Gasteiger partial charge on any atom is -0.126 e. The Bertz CT molecular complexity index is 504. The molecule has 18 heavy (non-hydrogen) atoms. The number of fused-ring (bicyclic) bond motifs is 1. The second-order valence-corrected chi connectivity index (χ2v) is 6.28. The smallest absolute Gasteiger partial charge is 0.00784 e. The zero-order valence-corrected chi connectivity index (χ0v) is 12.3. The summed E-state index contributed by atoms with van der Waals surface area (Å²) < 4.78 is 0. The van der Waals surface area contributed by atoms with Crippen molar-refractivity contribution in [3.05, 3.63) is 42.5 Å². The number of thioether (sulfide) groups is 1. The molecule has 2 aromatic carbocycles. The van der Waals surface area contributed by atoms with Crippen molar-refractivity contribution in [1.82, 2.24) is 0 Å². The first-order valence-corrected chi connectivity index (χ1v) is 7.81. The Morgan fingerprint density at radius 1 is 0.944 bits per heavy atom. The molecular formula is C17H22S. The van der Waals surface area contributed by atoms with Crippen LogP contribution >= 0.6 is 11.8 Å². The Labute approximate surface area is 115 Å². The maximum Gasteiger partial charge on any atom is 0.00784 e. The SMILES string of the molecule is CCC(C)C(C)CSc1ccc2ccccc2c1. The zero-order valence-electron chi connectivity index (χ0n) is 11.5. The lowest BCUT2D eigenvalue weighted by Crippen LogP contribution is -2.09. The van der Waals surface area contributed by atoms with Crippen molar-refractivity contribution in [2.45, 2.75) is 32.1 Å². The Morgan fingerprint density at radius 3 is 2.39 bits per heavy atom. The van der Waals surface area contributed by atoms with E-state index in [0.717, 1.165) is 11.8 Å². The fourth-order valence-corrected chi connectivity index (χ4v) is 3.21. The minimum atomic E-state index is 0.784. The summed E-state index contributed by atoms with van der Waals surface area (Å²) in [7, 11) is 0. The highest BCUT2D eigenvalue weighted by atomic mass is 32.2. The molecule has 0 nitrogen and oxygen atoms in total. The van der Waals surface area contributed by atoms with Gasteiger partial charge in [-0.3, -0.25) is 0 Å². The first-order valence-electron chi connectivity index (χ1n) is 6.82. The van der Waals surface area contributed by atoms with E-state index in [2.05, 4.69) is 63.2 Å². The largest absolute Gasteiger partial charge is 0.126 e. The summed E-state index contributed by atoms with van der Waals surface area (Å²) in [6.45, 7) is 7.00. The van der Waals surface area contributed by atoms with Gasteiger partial charge in [0.1, 0.15) is 0 Å². The van der Waals surface area contributed by atoms with Gasteiger partial charge in [0.15, 0.2) is 0 Å². The summed E-state index contributed by atoms with van der Waals surface area (Å²) in [4.78, 5) is 1.39. The van der Waals surface area contributed by atoms with E-state index in [1.54, 1.807) is 0 Å². The van der Waals surface area contributed by atoms with Crippen molar-refractivity contribution in [3.8, 4) is 0 Å². The number of hydrogen-bond acceptors (Lipinski definition) is 1. The lowest BCUT2D eigenvalue weighted by atomic mass is 9.96. The van der Waals surface area contributed by atoms with Gasteiger partial charge in [-0.1, -0.05) is 57.5 Å². The lowest BCUT2D eigenvalue weighted by molar-refractivity contribution is 0.414. The highest BCUT2D eigenvalue weighted by molar-refractivity contribution is 7.99. The highest BCUT2D eigenvalue weighted by Gasteiger charge is 2.10. The summed E-state index contributed by atoms with van der Waals surface area (Å²) >= 11 is 1.99. The van der Waals surface area contributed by atoms with Crippen molar-refractivity contribution in [2.75, 3.05) is 5.75 Å². The first kappa shape index (κ1) is 13.5. The monoisotopic (exact) mass is 258 g/mol. The van der Waals surface area contributed by atoms with E-state index in [4.69, 9.17) is 0 Å². The van der Waals surface area contributed by atoms with Crippen molar-refractivity contribution in [2.24, 2.45) is 11.8 Å². The summed E-state index contributed by atoms with van der Waals surface area (Å²) in [5.74, 6) is 2.82. The van der Waals surface area contributed by atoms with Crippen LogP contribution in [0.15, 0.2) is 47.4 Å². The Morgan fingerprint density at radius 2 is 1.67 bits per heavy atom. The molecule has 0 fully saturated rings. The first-order chi connectivity index (χ1) is 8.70. The summed E-state index contributed by atoms with van der Waals surface area (Å²) in [5, 5.41) is 2.68. The predicted molar refractivity (Wildman–Crippen MR) is 83.3 cm³/mol. The molecule has 0 heterocycles. The van der Waals surface area contributed by atoms with Crippen LogP contribution in [0, 0.1) is 11.8 Å². The third kappa shape index (κ3) is 3.29. The molecule has 0 radical (unpaired) electrons. The van der Waals surface area contributed by atoms with Crippen LogP contribution in [0.3, 0.4) is 0 Å². The van der Waals surface area contributed by atoms with Crippen LogP contribution in [0.2, 0.25) is 0 Å². The van der Waals surface area contributed by atoms with Crippen LogP contribution < -0.4 is 0 Å². The molecule has 0 aliphatic rings. The summed E-state index contributed by atoms with van der Waals surface area (Å²) in [6, 6.07) is 15.4. The Kier molecular flexibility index (Phi) is 4.71. The molecule has 2 unspecified atom stereocenters. The summed E-state index contributed by atoms with van der Waals surface area (Å²) in [6.07, 6.45) is 1.28. The van der Waals surface area contributed by atoms with Crippen LogP contribution in [0.4, 0.5) is 0 Å². The quantitative estimate of drug-likeness (QED) is 0.628. The average Bonchev–Trinajstić information content (AvgIpc) is 2.43. The van der Waals surface area contributed by atoms with Gasteiger partial charge >= 0.3 is 0 Å². The predicted octanol–water partition coefficient (Wildman–Crippen LogP) is 5.61. The molecule has 0 saturated carbocycles.